The van der Waals surface area contributed by atoms with Gasteiger partial charge in [0, 0.05) is 10.6 Å². The Morgan fingerprint density at radius 2 is 2.24 bits per heavy atom. The summed E-state index contributed by atoms with van der Waals surface area (Å²) in [6.45, 7) is 12.3. The molecule has 0 amide bonds. The van der Waals surface area contributed by atoms with Gasteiger partial charge in [-0.1, -0.05) is 44.2 Å². The lowest BCUT2D eigenvalue weighted by molar-refractivity contribution is 0.561. The molecule has 0 aromatic carbocycles. The molecule has 1 N–H and O–H groups in total. The molecule has 0 saturated carbocycles. The normalized spacial score (nSPS) is 12.8. The topological polar surface area (TPSA) is 45.8 Å². The Balaban J connectivity index is 2.43. The molecule has 114 valence electrons. The van der Waals surface area contributed by atoms with Crippen LogP contribution in [-0.2, 0) is 6.42 Å². The fraction of sp³-hybridized carbons (Fsp3) is 0.500. The zero-order chi connectivity index (χ0) is 15.6. The first kappa shape index (κ1) is 16.3. The van der Waals surface area contributed by atoms with Crippen molar-refractivity contribution in [2.45, 2.75) is 45.7 Å². The van der Waals surface area contributed by atoms with Crippen LogP contribution in [-0.4, -0.2) is 15.7 Å². The number of aromatic amines is 1. The molecule has 1 atom stereocenters. The lowest BCUT2D eigenvalue weighted by Crippen LogP contribution is -2.11. The molecule has 0 saturated heterocycles. The number of H-pyrrole nitrogens is 1. The lowest BCUT2D eigenvalue weighted by atomic mass is 9.98. The van der Waals surface area contributed by atoms with Crippen molar-refractivity contribution < 1.29 is 0 Å². The number of thioether (sulfide) groups is 1. The largest absolute Gasteiger partial charge is 0.301 e. The van der Waals surface area contributed by atoms with Crippen molar-refractivity contribution in [3.8, 4) is 0 Å². The third kappa shape index (κ3) is 3.77. The molecular formula is C16H22N2OS2. The molecule has 0 aliphatic rings. The molecule has 2 rings (SSSR count). The van der Waals surface area contributed by atoms with Gasteiger partial charge in [-0.05, 0) is 31.7 Å². The number of nitrogens with one attached hydrogen (secondary N) is 1. The second-order valence-corrected chi connectivity index (χ2v) is 7.82. The van der Waals surface area contributed by atoms with Crippen LogP contribution in [0.15, 0.2) is 22.1 Å². The zero-order valence-corrected chi connectivity index (χ0v) is 14.7. The molecule has 5 heteroatoms. The molecule has 0 spiro atoms. The Hall–Kier alpha value is -1.07. The number of thiophene rings is 1. The maximum absolute atomic E-state index is 12.4. The highest BCUT2D eigenvalue weighted by Gasteiger charge is 2.16. The SMILES string of the molecule is C=C(C)CSc1nc2sc(C)c(CC(C)CC)c2c(=O)[nH]1. The van der Waals surface area contributed by atoms with Crippen molar-refractivity contribution in [1.29, 1.82) is 0 Å². The Morgan fingerprint density at radius 1 is 1.52 bits per heavy atom. The first-order chi connectivity index (χ1) is 9.92. The quantitative estimate of drug-likeness (QED) is 0.482. The van der Waals surface area contributed by atoms with Crippen molar-refractivity contribution in [3.63, 3.8) is 0 Å². The van der Waals surface area contributed by atoms with Gasteiger partial charge < -0.3 is 4.98 Å². The van der Waals surface area contributed by atoms with Crippen LogP contribution in [0.4, 0.5) is 0 Å². The fourth-order valence-electron chi connectivity index (χ4n) is 2.15. The average molecular weight is 322 g/mol. The van der Waals surface area contributed by atoms with Crippen LogP contribution >= 0.6 is 23.1 Å². The van der Waals surface area contributed by atoms with Gasteiger partial charge in [0.15, 0.2) is 5.16 Å². The summed E-state index contributed by atoms with van der Waals surface area (Å²) in [4.78, 5) is 22.0. The number of hydrogen-bond acceptors (Lipinski definition) is 4. The molecule has 2 heterocycles. The number of aryl methyl sites for hydroxylation is 1. The molecule has 0 fully saturated rings. The van der Waals surface area contributed by atoms with Crippen LogP contribution in [0.25, 0.3) is 10.2 Å². The summed E-state index contributed by atoms with van der Waals surface area (Å²) < 4.78 is 0. The number of rotatable bonds is 6. The van der Waals surface area contributed by atoms with Gasteiger partial charge in [0.05, 0.1) is 5.39 Å². The monoisotopic (exact) mass is 322 g/mol. The van der Waals surface area contributed by atoms with Crippen LogP contribution in [0, 0.1) is 12.8 Å². The van der Waals surface area contributed by atoms with Gasteiger partial charge in [-0.2, -0.15) is 0 Å². The van der Waals surface area contributed by atoms with Gasteiger partial charge in [0.2, 0.25) is 0 Å². The number of fused-ring (bicyclic) bond motifs is 1. The molecule has 0 aliphatic heterocycles. The Labute approximate surface area is 133 Å². The Bertz CT molecular complexity index is 715. The minimum atomic E-state index is -0.00753. The maximum atomic E-state index is 12.4. The van der Waals surface area contributed by atoms with Crippen LogP contribution in [0.1, 0.15) is 37.6 Å². The highest BCUT2D eigenvalue weighted by Crippen LogP contribution is 2.30. The average Bonchev–Trinajstić information content (AvgIpc) is 2.73. The molecule has 2 aromatic rings. The standard InChI is InChI=1S/C16H22N2OS2/c1-6-10(4)7-12-11(5)21-15-13(12)14(19)17-16(18-15)20-8-9(2)3/h10H,2,6-8H2,1,3-5H3,(H,17,18,19). The molecular weight excluding hydrogens is 300 g/mol. The highest BCUT2D eigenvalue weighted by molar-refractivity contribution is 7.99. The van der Waals surface area contributed by atoms with E-state index < -0.39 is 0 Å². The third-order valence-corrected chi connectivity index (χ3v) is 5.69. The fourth-order valence-corrected chi connectivity index (χ4v) is 3.97. The van der Waals surface area contributed by atoms with Crippen molar-refractivity contribution in [3.05, 3.63) is 32.9 Å². The summed E-state index contributed by atoms with van der Waals surface area (Å²) in [7, 11) is 0. The molecule has 2 aromatic heterocycles. The van der Waals surface area contributed by atoms with Crippen LogP contribution < -0.4 is 5.56 Å². The summed E-state index contributed by atoms with van der Waals surface area (Å²) in [5, 5.41) is 1.48. The maximum Gasteiger partial charge on any atom is 0.260 e. The second-order valence-electron chi connectivity index (χ2n) is 5.65. The van der Waals surface area contributed by atoms with E-state index in [2.05, 4.69) is 37.3 Å². The summed E-state index contributed by atoms with van der Waals surface area (Å²) in [5.41, 5.74) is 2.24. The van der Waals surface area contributed by atoms with Gasteiger partial charge in [-0.25, -0.2) is 4.98 Å². The van der Waals surface area contributed by atoms with E-state index in [1.807, 2.05) is 6.92 Å². The Kier molecular flexibility index (Phi) is 5.27. The van der Waals surface area contributed by atoms with E-state index in [-0.39, 0.29) is 5.56 Å². The molecule has 3 nitrogen and oxygen atoms in total. The number of nitrogens with zero attached hydrogens (tertiary/aromatic N) is 1. The van der Waals surface area contributed by atoms with E-state index in [0.717, 1.165) is 34.4 Å². The predicted molar refractivity (Wildman–Crippen MR) is 93.7 cm³/mol. The molecule has 0 aliphatic carbocycles. The smallest absolute Gasteiger partial charge is 0.260 e. The molecule has 1 unspecified atom stereocenters. The van der Waals surface area contributed by atoms with E-state index in [0.29, 0.717) is 11.1 Å². The minimum absolute atomic E-state index is 0.00753. The third-order valence-electron chi connectivity index (χ3n) is 3.55. The van der Waals surface area contributed by atoms with Crippen LogP contribution in [0.5, 0.6) is 0 Å². The predicted octanol–water partition coefficient (Wildman–Crippen LogP) is 4.55. The van der Waals surface area contributed by atoms with Crippen molar-refractivity contribution in [2.75, 3.05) is 5.75 Å². The summed E-state index contributed by atoms with van der Waals surface area (Å²) >= 11 is 3.16. The first-order valence-electron chi connectivity index (χ1n) is 7.21. The molecule has 21 heavy (non-hydrogen) atoms. The van der Waals surface area contributed by atoms with E-state index in [4.69, 9.17) is 0 Å². The minimum Gasteiger partial charge on any atom is -0.301 e. The number of aromatic nitrogens is 2. The van der Waals surface area contributed by atoms with Crippen LogP contribution in [0.2, 0.25) is 0 Å². The van der Waals surface area contributed by atoms with Crippen molar-refractivity contribution in [2.24, 2.45) is 5.92 Å². The van der Waals surface area contributed by atoms with Gasteiger partial charge in [0.25, 0.3) is 5.56 Å². The van der Waals surface area contributed by atoms with Crippen LogP contribution in [0.3, 0.4) is 0 Å². The van der Waals surface area contributed by atoms with E-state index in [1.54, 1.807) is 11.3 Å². The lowest BCUT2D eigenvalue weighted by Gasteiger charge is -2.08. The molecule has 0 bridgehead atoms. The molecule has 0 radical (unpaired) electrons. The summed E-state index contributed by atoms with van der Waals surface area (Å²) in [6, 6.07) is 0. The van der Waals surface area contributed by atoms with Gasteiger partial charge >= 0.3 is 0 Å². The first-order valence-corrected chi connectivity index (χ1v) is 9.02. The van der Waals surface area contributed by atoms with Crippen molar-refractivity contribution in [1.82, 2.24) is 9.97 Å². The van der Waals surface area contributed by atoms with Gasteiger partial charge in [-0.15, -0.1) is 11.3 Å². The van der Waals surface area contributed by atoms with Crippen molar-refractivity contribution >= 4 is 33.3 Å². The van der Waals surface area contributed by atoms with E-state index in [9.17, 15) is 4.79 Å². The summed E-state index contributed by atoms with van der Waals surface area (Å²) in [6.07, 6.45) is 2.07. The second kappa shape index (κ2) is 6.79. The van der Waals surface area contributed by atoms with Gasteiger partial charge in [0.1, 0.15) is 4.83 Å². The van der Waals surface area contributed by atoms with E-state index >= 15 is 0 Å². The number of hydrogen-bond donors (Lipinski definition) is 1. The Morgan fingerprint density at radius 3 is 2.86 bits per heavy atom. The zero-order valence-electron chi connectivity index (χ0n) is 13.1. The summed E-state index contributed by atoms with van der Waals surface area (Å²) in [5.74, 6) is 1.36. The van der Waals surface area contributed by atoms with E-state index in [1.165, 1.54) is 22.2 Å². The van der Waals surface area contributed by atoms with Gasteiger partial charge in [-0.3, -0.25) is 4.79 Å². The highest BCUT2D eigenvalue weighted by atomic mass is 32.2.